The molecule has 1 fully saturated rings. The largest absolute Gasteiger partial charge is 0.497 e. The number of likely N-dealkylation sites (tertiary alicyclic amines) is 1. The highest BCUT2D eigenvalue weighted by atomic mass is 32.1. The van der Waals surface area contributed by atoms with E-state index < -0.39 is 0 Å². The summed E-state index contributed by atoms with van der Waals surface area (Å²) in [5.41, 5.74) is 4.36. The predicted octanol–water partition coefficient (Wildman–Crippen LogP) is 3.03. The van der Waals surface area contributed by atoms with Gasteiger partial charge in [-0.25, -0.2) is 4.98 Å². The molecule has 0 saturated carbocycles. The average molecular weight is 344 g/mol. The zero-order chi connectivity index (χ0) is 16.9. The van der Waals surface area contributed by atoms with Crippen LogP contribution >= 0.6 is 11.3 Å². The number of aryl methyl sites for hydroxylation is 1. The molecule has 2 aromatic rings. The van der Waals surface area contributed by atoms with Gasteiger partial charge in [0.15, 0.2) is 5.96 Å². The van der Waals surface area contributed by atoms with Gasteiger partial charge < -0.3 is 15.0 Å². The van der Waals surface area contributed by atoms with Crippen LogP contribution in [0.1, 0.15) is 28.5 Å². The van der Waals surface area contributed by atoms with Gasteiger partial charge in [0.2, 0.25) is 0 Å². The molecule has 3 rings (SSSR count). The molecule has 1 atom stereocenters. The van der Waals surface area contributed by atoms with E-state index in [1.54, 1.807) is 18.4 Å². The van der Waals surface area contributed by atoms with Crippen LogP contribution in [-0.4, -0.2) is 43.1 Å². The summed E-state index contributed by atoms with van der Waals surface area (Å²) in [7, 11) is 3.55. The Labute approximate surface area is 147 Å². The van der Waals surface area contributed by atoms with E-state index >= 15 is 0 Å². The molecule has 6 heteroatoms. The minimum Gasteiger partial charge on any atom is -0.497 e. The van der Waals surface area contributed by atoms with Crippen LogP contribution in [0.15, 0.2) is 34.8 Å². The number of methoxy groups -OCH3 is 1. The monoisotopic (exact) mass is 344 g/mol. The number of benzene rings is 1. The van der Waals surface area contributed by atoms with E-state index in [0.717, 1.165) is 43.5 Å². The van der Waals surface area contributed by atoms with Crippen LogP contribution < -0.4 is 10.1 Å². The smallest absolute Gasteiger partial charge is 0.193 e. The number of aromatic nitrogens is 1. The Bertz CT molecular complexity index is 695. The van der Waals surface area contributed by atoms with E-state index in [1.165, 1.54) is 10.4 Å². The van der Waals surface area contributed by atoms with Gasteiger partial charge >= 0.3 is 0 Å². The molecule has 1 aromatic carbocycles. The van der Waals surface area contributed by atoms with E-state index in [1.807, 2.05) is 31.6 Å². The first-order valence-electron chi connectivity index (χ1n) is 8.19. The molecule has 0 aliphatic carbocycles. The van der Waals surface area contributed by atoms with Gasteiger partial charge in [-0.2, -0.15) is 0 Å². The third-order valence-corrected chi connectivity index (χ3v) is 5.47. The van der Waals surface area contributed by atoms with Crippen molar-refractivity contribution in [3.63, 3.8) is 0 Å². The number of nitrogens with zero attached hydrogens (tertiary/aromatic N) is 3. The molecule has 1 aliphatic heterocycles. The SMILES string of the molecule is CN=C(NCc1scnc1C)N1CCC(c2ccc(OC)cc2)C1. The van der Waals surface area contributed by atoms with Crippen molar-refractivity contribution < 1.29 is 4.74 Å². The second kappa shape index (κ2) is 7.66. The molecule has 1 aliphatic rings. The van der Waals surface area contributed by atoms with Crippen LogP contribution in [0.3, 0.4) is 0 Å². The second-order valence-electron chi connectivity index (χ2n) is 5.97. The number of hydrogen-bond donors (Lipinski definition) is 1. The quantitative estimate of drug-likeness (QED) is 0.684. The van der Waals surface area contributed by atoms with E-state index in [2.05, 4.69) is 32.3 Å². The van der Waals surface area contributed by atoms with Crippen LogP contribution in [0.5, 0.6) is 5.75 Å². The highest BCUT2D eigenvalue weighted by Crippen LogP contribution is 2.28. The van der Waals surface area contributed by atoms with Gasteiger partial charge in [-0.15, -0.1) is 11.3 Å². The Morgan fingerprint density at radius 3 is 2.83 bits per heavy atom. The van der Waals surface area contributed by atoms with Crippen LogP contribution in [0.25, 0.3) is 0 Å². The third kappa shape index (κ3) is 3.70. The van der Waals surface area contributed by atoms with Gasteiger partial charge in [-0.05, 0) is 31.0 Å². The van der Waals surface area contributed by atoms with Crippen molar-refractivity contribution in [2.75, 3.05) is 27.2 Å². The van der Waals surface area contributed by atoms with Gasteiger partial charge in [-0.1, -0.05) is 12.1 Å². The standard InChI is InChI=1S/C18H24N4OS/c1-13-17(24-12-21-13)10-20-18(19-2)22-9-8-15(11-22)14-4-6-16(23-3)7-5-14/h4-7,12,15H,8-11H2,1-3H3,(H,19,20). The number of hydrogen-bond acceptors (Lipinski definition) is 4. The number of ether oxygens (including phenoxy) is 1. The summed E-state index contributed by atoms with van der Waals surface area (Å²) in [4.78, 5) is 12.4. The van der Waals surface area contributed by atoms with Crippen LogP contribution in [0, 0.1) is 6.92 Å². The molecule has 128 valence electrons. The average Bonchev–Trinajstić information content (AvgIpc) is 3.25. The van der Waals surface area contributed by atoms with Crippen molar-refractivity contribution in [1.29, 1.82) is 0 Å². The van der Waals surface area contributed by atoms with E-state index in [-0.39, 0.29) is 0 Å². The fraction of sp³-hybridized carbons (Fsp3) is 0.444. The number of rotatable bonds is 4. The number of aliphatic imine (C=N–C) groups is 1. The summed E-state index contributed by atoms with van der Waals surface area (Å²) in [5.74, 6) is 2.42. The zero-order valence-electron chi connectivity index (χ0n) is 14.5. The predicted molar refractivity (Wildman–Crippen MR) is 99.0 cm³/mol. The Morgan fingerprint density at radius 2 is 2.21 bits per heavy atom. The zero-order valence-corrected chi connectivity index (χ0v) is 15.3. The summed E-state index contributed by atoms with van der Waals surface area (Å²) >= 11 is 1.69. The van der Waals surface area contributed by atoms with Gasteiger partial charge in [-0.3, -0.25) is 4.99 Å². The number of guanidine groups is 1. The molecule has 0 spiro atoms. The fourth-order valence-corrected chi connectivity index (χ4v) is 3.81. The van der Waals surface area contributed by atoms with Gasteiger partial charge in [0, 0.05) is 30.9 Å². The molecule has 1 saturated heterocycles. The van der Waals surface area contributed by atoms with Crippen LogP contribution in [-0.2, 0) is 6.54 Å². The van der Waals surface area contributed by atoms with Crippen molar-refractivity contribution in [1.82, 2.24) is 15.2 Å². The molecule has 2 heterocycles. The molecule has 1 aromatic heterocycles. The van der Waals surface area contributed by atoms with Crippen LogP contribution in [0.2, 0.25) is 0 Å². The lowest BCUT2D eigenvalue weighted by atomic mass is 9.98. The van der Waals surface area contributed by atoms with Crippen molar-refractivity contribution in [3.05, 3.63) is 45.9 Å². The molecule has 0 bridgehead atoms. The lowest BCUT2D eigenvalue weighted by Gasteiger charge is -2.21. The number of nitrogens with one attached hydrogen (secondary N) is 1. The van der Waals surface area contributed by atoms with Crippen molar-refractivity contribution in [3.8, 4) is 5.75 Å². The summed E-state index contributed by atoms with van der Waals surface area (Å²) in [5, 5.41) is 3.47. The molecule has 0 amide bonds. The summed E-state index contributed by atoms with van der Waals surface area (Å²) in [6, 6.07) is 8.42. The number of thiazole rings is 1. The summed E-state index contributed by atoms with van der Waals surface area (Å²) in [6.45, 7) is 4.85. The Balaban J connectivity index is 1.59. The third-order valence-electron chi connectivity index (χ3n) is 4.54. The molecule has 24 heavy (non-hydrogen) atoms. The first-order valence-corrected chi connectivity index (χ1v) is 9.07. The first-order chi connectivity index (χ1) is 11.7. The normalized spacial score (nSPS) is 18.0. The summed E-state index contributed by atoms with van der Waals surface area (Å²) in [6.07, 6.45) is 1.15. The highest BCUT2D eigenvalue weighted by molar-refractivity contribution is 7.09. The van der Waals surface area contributed by atoms with Gasteiger partial charge in [0.25, 0.3) is 0 Å². The lowest BCUT2D eigenvalue weighted by molar-refractivity contribution is 0.414. The molecule has 0 radical (unpaired) electrons. The Kier molecular flexibility index (Phi) is 5.35. The van der Waals surface area contributed by atoms with E-state index in [4.69, 9.17) is 4.74 Å². The van der Waals surface area contributed by atoms with E-state index in [0.29, 0.717) is 5.92 Å². The highest BCUT2D eigenvalue weighted by Gasteiger charge is 2.26. The topological polar surface area (TPSA) is 49.8 Å². The van der Waals surface area contributed by atoms with E-state index in [9.17, 15) is 0 Å². The van der Waals surface area contributed by atoms with Crippen molar-refractivity contribution in [2.45, 2.75) is 25.8 Å². The molecule has 1 unspecified atom stereocenters. The van der Waals surface area contributed by atoms with Crippen molar-refractivity contribution >= 4 is 17.3 Å². The lowest BCUT2D eigenvalue weighted by Crippen LogP contribution is -2.39. The van der Waals surface area contributed by atoms with Crippen molar-refractivity contribution in [2.24, 2.45) is 4.99 Å². The Hall–Kier alpha value is -2.08. The maximum Gasteiger partial charge on any atom is 0.193 e. The first kappa shape index (κ1) is 16.8. The van der Waals surface area contributed by atoms with Gasteiger partial charge in [0.1, 0.15) is 5.75 Å². The maximum atomic E-state index is 5.24. The fourth-order valence-electron chi connectivity index (χ4n) is 3.09. The second-order valence-corrected chi connectivity index (χ2v) is 6.91. The molecule has 5 nitrogen and oxygen atoms in total. The molecular weight excluding hydrogens is 320 g/mol. The van der Waals surface area contributed by atoms with Gasteiger partial charge in [0.05, 0.1) is 24.9 Å². The summed E-state index contributed by atoms with van der Waals surface area (Å²) < 4.78 is 5.24. The molecule has 1 N–H and O–H groups in total. The minimum absolute atomic E-state index is 0.541. The maximum absolute atomic E-state index is 5.24. The molecular formula is C18H24N4OS. The minimum atomic E-state index is 0.541. The van der Waals surface area contributed by atoms with Crippen LogP contribution in [0.4, 0.5) is 0 Å². The Morgan fingerprint density at radius 1 is 1.42 bits per heavy atom.